The van der Waals surface area contributed by atoms with E-state index in [2.05, 4.69) is 5.32 Å². The summed E-state index contributed by atoms with van der Waals surface area (Å²) in [7, 11) is 2.98. The molecule has 2 aromatic rings. The summed E-state index contributed by atoms with van der Waals surface area (Å²) in [5.41, 5.74) is 0.906. The van der Waals surface area contributed by atoms with Crippen molar-refractivity contribution in [1.82, 2.24) is 10.2 Å². The van der Waals surface area contributed by atoms with Gasteiger partial charge in [0, 0.05) is 18.7 Å². The van der Waals surface area contributed by atoms with Crippen molar-refractivity contribution in [3.8, 4) is 11.5 Å². The number of benzene rings is 2. The molecular formula is C21H18Cl2N2O5S. The molecule has 0 spiro atoms. The molecule has 0 aromatic heterocycles. The average molecular weight is 481 g/mol. The van der Waals surface area contributed by atoms with Crippen LogP contribution in [0.4, 0.5) is 4.79 Å². The van der Waals surface area contributed by atoms with E-state index in [1.54, 1.807) is 36.4 Å². The van der Waals surface area contributed by atoms with Gasteiger partial charge in [0.15, 0.2) is 11.5 Å². The van der Waals surface area contributed by atoms with Gasteiger partial charge >= 0.3 is 0 Å². The minimum Gasteiger partial charge on any atom is -0.493 e. The van der Waals surface area contributed by atoms with E-state index < -0.39 is 11.1 Å². The molecule has 3 amide bonds. The average Bonchev–Trinajstić information content (AvgIpc) is 3.03. The fourth-order valence-corrected chi connectivity index (χ4v) is 4.05. The largest absolute Gasteiger partial charge is 0.493 e. The van der Waals surface area contributed by atoms with Crippen LogP contribution in [0.3, 0.4) is 0 Å². The molecule has 1 aliphatic rings. The van der Waals surface area contributed by atoms with Crippen LogP contribution in [-0.2, 0) is 4.79 Å². The Bertz CT molecular complexity index is 1070. The van der Waals surface area contributed by atoms with E-state index in [1.807, 2.05) is 0 Å². The lowest BCUT2D eigenvalue weighted by molar-refractivity contribution is -0.122. The van der Waals surface area contributed by atoms with E-state index >= 15 is 0 Å². The standard InChI is InChI=1S/C21H18Cl2N2O5S/c1-29-15-7-6-13(10-16(15)30-2)19(26)24-8-9-25-20(27)17(31-21(25)28)11-12-4-3-5-14(22)18(12)23/h3-7,10-11H,8-9H2,1-2H3,(H,24,26)/b17-11-. The highest BCUT2D eigenvalue weighted by atomic mass is 35.5. The number of carbonyl (C=O) groups is 3. The summed E-state index contributed by atoms with van der Waals surface area (Å²) in [6.45, 7) is 0.126. The number of nitrogens with one attached hydrogen (secondary N) is 1. The van der Waals surface area contributed by atoms with Crippen molar-refractivity contribution in [1.29, 1.82) is 0 Å². The zero-order valence-electron chi connectivity index (χ0n) is 16.6. The van der Waals surface area contributed by atoms with Gasteiger partial charge in [-0.15, -0.1) is 0 Å². The van der Waals surface area contributed by atoms with Gasteiger partial charge in [-0.05, 0) is 47.7 Å². The summed E-state index contributed by atoms with van der Waals surface area (Å²) in [4.78, 5) is 38.6. The molecule has 10 heteroatoms. The molecule has 1 aliphatic heterocycles. The third-order valence-corrected chi connectivity index (χ3v) is 6.15. The van der Waals surface area contributed by atoms with Gasteiger partial charge in [-0.3, -0.25) is 19.3 Å². The molecular weight excluding hydrogens is 463 g/mol. The number of thioether (sulfide) groups is 1. The smallest absolute Gasteiger partial charge is 0.293 e. The lowest BCUT2D eigenvalue weighted by Crippen LogP contribution is -2.37. The second-order valence-electron chi connectivity index (χ2n) is 6.30. The molecule has 1 fully saturated rings. The first-order chi connectivity index (χ1) is 14.8. The first-order valence-corrected chi connectivity index (χ1v) is 10.6. The number of carbonyl (C=O) groups excluding carboxylic acids is 3. The maximum atomic E-state index is 12.6. The van der Waals surface area contributed by atoms with Crippen LogP contribution < -0.4 is 14.8 Å². The van der Waals surface area contributed by atoms with Crippen LogP contribution in [0.25, 0.3) is 6.08 Å². The molecule has 0 bridgehead atoms. The van der Waals surface area contributed by atoms with Gasteiger partial charge in [0.2, 0.25) is 0 Å². The Hall–Kier alpha value is -2.68. The maximum absolute atomic E-state index is 12.6. The molecule has 162 valence electrons. The summed E-state index contributed by atoms with van der Waals surface area (Å²) in [6, 6.07) is 9.80. The SMILES string of the molecule is COc1ccc(C(=O)NCCN2C(=O)S/C(=C\c3cccc(Cl)c3Cl)C2=O)cc1OC. The van der Waals surface area contributed by atoms with Crippen LogP contribution >= 0.6 is 35.0 Å². The Morgan fingerprint density at radius 3 is 2.58 bits per heavy atom. The highest BCUT2D eigenvalue weighted by Gasteiger charge is 2.34. The normalized spacial score (nSPS) is 14.8. The fourth-order valence-electron chi connectivity index (χ4n) is 2.83. The highest BCUT2D eigenvalue weighted by molar-refractivity contribution is 8.18. The Labute approximate surface area is 193 Å². The molecule has 3 rings (SSSR count). The summed E-state index contributed by atoms with van der Waals surface area (Å²) in [5.74, 6) is 0.106. The minimum atomic E-state index is -0.452. The predicted octanol–water partition coefficient (Wildman–Crippen LogP) is 4.48. The maximum Gasteiger partial charge on any atom is 0.293 e. The van der Waals surface area contributed by atoms with Gasteiger partial charge in [0.05, 0.1) is 29.2 Å². The van der Waals surface area contributed by atoms with Gasteiger partial charge in [0.25, 0.3) is 17.1 Å². The number of nitrogens with zero attached hydrogens (tertiary/aromatic N) is 1. The molecule has 1 saturated heterocycles. The topological polar surface area (TPSA) is 84.9 Å². The molecule has 0 atom stereocenters. The molecule has 0 aliphatic carbocycles. The van der Waals surface area contributed by atoms with Crippen molar-refractivity contribution in [2.24, 2.45) is 0 Å². The van der Waals surface area contributed by atoms with Crippen LogP contribution in [0.15, 0.2) is 41.3 Å². The van der Waals surface area contributed by atoms with E-state index in [0.717, 1.165) is 16.7 Å². The van der Waals surface area contributed by atoms with E-state index in [4.69, 9.17) is 32.7 Å². The summed E-state index contributed by atoms with van der Waals surface area (Å²) in [6.07, 6.45) is 1.53. The Morgan fingerprint density at radius 2 is 1.87 bits per heavy atom. The first-order valence-electron chi connectivity index (χ1n) is 9.05. The summed E-state index contributed by atoms with van der Waals surface area (Å²) >= 11 is 13.0. The summed E-state index contributed by atoms with van der Waals surface area (Å²) < 4.78 is 10.3. The van der Waals surface area contributed by atoms with Crippen molar-refractivity contribution in [2.75, 3.05) is 27.3 Å². The number of imide groups is 1. The fraction of sp³-hybridized carbons (Fsp3) is 0.190. The van der Waals surface area contributed by atoms with Gasteiger partial charge in [0.1, 0.15) is 0 Å². The Balaban J connectivity index is 1.63. The Morgan fingerprint density at radius 1 is 1.13 bits per heavy atom. The molecule has 7 nitrogen and oxygen atoms in total. The predicted molar refractivity (Wildman–Crippen MR) is 121 cm³/mol. The molecule has 2 aromatic carbocycles. The molecule has 0 saturated carbocycles. The molecule has 0 unspecified atom stereocenters. The van der Waals surface area contributed by atoms with Gasteiger partial charge in [-0.25, -0.2) is 0 Å². The Kier molecular flexibility index (Phi) is 7.48. The number of hydrogen-bond donors (Lipinski definition) is 1. The number of amides is 3. The minimum absolute atomic E-state index is 0.0321. The molecule has 1 heterocycles. The molecule has 0 radical (unpaired) electrons. The van der Waals surface area contributed by atoms with Gasteiger partial charge < -0.3 is 14.8 Å². The van der Waals surface area contributed by atoms with Crippen molar-refractivity contribution >= 4 is 58.1 Å². The second-order valence-corrected chi connectivity index (χ2v) is 8.08. The number of methoxy groups -OCH3 is 2. The van der Waals surface area contributed by atoms with E-state index in [0.29, 0.717) is 32.7 Å². The van der Waals surface area contributed by atoms with Crippen LogP contribution in [-0.4, -0.2) is 49.3 Å². The third-order valence-electron chi connectivity index (χ3n) is 4.41. The van der Waals surface area contributed by atoms with Crippen LogP contribution in [0, 0.1) is 0 Å². The van der Waals surface area contributed by atoms with Crippen molar-refractivity contribution < 1.29 is 23.9 Å². The van der Waals surface area contributed by atoms with E-state index in [-0.39, 0.29) is 23.9 Å². The van der Waals surface area contributed by atoms with Gasteiger partial charge in [-0.1, -0.05) is 35.3 Å². The molecule has 31 heavy (non-hydrogen) atoms. The zero-order valence-corrected chi connectivity index (χ0v) is 18.9. The number of rotatable bonds is 7. The first kappa shape index (κ1) is 23.0. The van der Waals surface area contributed by atoms with E-state index in [9.17, 15) is 14.4 Å². The van der Waals surface area contributed by atoms with Crippen LogP contribution in [0.5, 0.6) is 11.5 Å². The van der Waals surface area contributed by atoms with Crippen molar-refractivity contribution in [3.05, 3.63) is 62.5 Å². The highest BCUT2D eigenvalue weighted by Crippen LogP contribution is 2.35. The van der Waals surface area contributed by atoms with E-state index in [1.165, 1.54) is 20.3 Å². The molecule has 1 N–H and O–H groups in total. The van der Waals surface area contributed by atoms with Crippen LogP contribution in [0.2, 0.25) is 10.0 Å². The quantitative estimate of drug-likeness (QED) is 0.588. The summed E-state index contributed by atoms with van der Waals surface area (Å²) in [5, 5.41) is 2.92. The zero-order chi connectivity index (χ0) is 22.5. The number of hydrogen-bond acceptors (Lipinski definition) is 6. The monoisotopic (exact) mass is 480 g/mol. The lowest BCUT2D eigenvalue weighted by atomic mass is 10.2. The number of halogens is 2. The number of ether oxygens (including phenoxy) is 2. The van der Waals surface area contributed by atoms with Crippen LogP contribution in [0.1, 0.15) is 15.9 Å². The van der Waals surface area contributed by atoms with Crippen molar-refractivity contribution in [2.45, 2.75) is 0 Å². The lowest BCUT2D eigenvalue weighted by Gasteiger charge is -2.13. The second kappa shape index (κ2) is 10.1. The van der Waals surface area contributed by atoms with Gasteiger partial charge in [-0.2, -0.15) is 0 Å². The third kappa shape index (κ3) is 5.15. The van der Waals surface area contributed by atoms with Crippen molar-refractivity contribution in [3.63, 3.8) is 0 Å².